The van der Waals surface area contributed by atoms with Gasteiger partial charge in [-0.2, -0.15) is 0 Å². The molecule has 3 N–H and O–H groups in total. The Labute approximate surface area is 193 Å². The lowest BCUT2D eigenvalue weighted by Crippen LogP contribution is -2.25. The summed E-state index contributed by atoms with van der Waals surface area (Å²) in [7, 11) is 2.09. The molecule has 0 fully saturated rings. The van der Waals surface area contributed by atoms with Gasteiger partial charge in [0.25, 0.3) is 0 Å². The Morgan fingerprint density at radius 3 is 1.81 bits per heavy atom. The van der Waals surface area contributed by atoms with Crippen molar-refractivity contribution < 1.29 is 4.79 Å². The summed E-state index contributed by atoms with van der Waals surface area (Å²) in [4.78, 5) is 14.1. The number of hydrogen-bond acceptors (Lipinski definition) is 4. The number of hydrogen-bond donors (Lipinski definition) is 2. The van der Waals surface area contributed by atoms with Gasteiger partial charge in [-0.05, 0) is 74.8 Å². The van der Waals surface area contributed by atoms with Gasteiger partial charge in [0.05, 0.1) is 6.04 Å². The molecule has 0 aliphatic carbocycles. The normalized spacial score (nSPS) is 11.5. The first-order valence-corrected chi connectivity index (χ1v) is 11.6. The third-order valence-electron chi connectivity index (χ3n) is 5.50. The minimum absolute atomic E-state index is 0.404. The van der Waals surface area contributed by atoms with E-state index in [9.17, 15) is 4.79 Å². The Balaban J connectivity index is 0.000000278. The molecule has 3 rings (SSSR count). The first-order chi connectivity index (χ1) is 15.7. The largest absolute Gasteiger partial charge is 0.321 e. The van der Waals surface area contributed by atoms with Crippen LogP contribution in [0.2, 0.25) is 0 Å². The first kappa shape index (κ1) is 25.4. The molecule has 170 valence electrons. The number of aromatic nitrogens is 1. The molecule has 0 bridgehead atoms. The molecule has 0 amide bonds. The van der Waals surface area contributed by atoms with E-state index in [4.69, 9.17) is 5.73 Å². The standard InChI is InChI=1S/C20H27N.C8H10N2O/c1-21-20(16-8-14-18-10-4-2-5-11-18)17-9-15-19-12-6-3-7-13-19;9-8(6-11)4-7-2-1-3-10-5-7/h2-7,10-13,20-21H,8-9,14-17H2,1H3;1-3,5-6,8H,4,9H2. The fourth-order valence-corrected chi connectivity index (χ4v) is 3.67. The molecule has 4 nitrogen and oxygen atoms in total. The number of aldehydes is 1. The zero-order valence-electron chi connectivity index (χ0n) is 19.2. The summed E-state index contributed by atoms with van der Waals surface area (Å²) in [6.45, 7) is 0. The fraction of sp³-hybridized carbons (Fsp3) is 0.357. The predicted molar refractivity (Wildman–Crippen MR) is 134 cm³/mol. The number of carbonyl (C=O) groups excluding carboxylic acids is 1. The van der Waals surface area contributed by atoms with Crippen LogP contribution in [0.5, 0.6) is 0 Å². The smallest absolute Gasteiger partial charge is 0.137 e. The number of carbonyl (C=O) groups is 1. The summed E-state index contributed by atoms with van der Waals surface area (Å²) in [5, 5.41) is 3.47. The SMILES string of the molecule is CNC(CCCc1ccccc1)CCCc1ccccc1.NC(C=O)Cc1cccnc1. The number of nitrogens with one attached hydrogen (secondary N) is 1. The number of nitrogens with zero attached hydrogens (tertiary/aromatic N) is 1. The average Bonchev–Trinajstić information content (AvgIpc) is 2.85. The highest BCUT2D eigenvalue weighted by Gasteiger charge is 2.06. The van der Waals surface area contributed by atoms with Crippen molar-refractivity contribution in [2.45, 2.75) is 57.0 Å². The maximum Gasteiger partial charge on any atom is 0.137 e. The van der Waals surface area contributed by atoms with E-state index >= 15 is 0 Å². The summed E-state index contributed by atoms with van der Waals surface area (Å²) >= 11 is 0. The topological polar surface area (TPSA) is 68.0 Å². The highest BCUT2D eigenvalue weighted by Crippen LogP contribution is 2.12. The Morgan fingerprint density at radius 2 is 1.38 bits per heavy atom. The van der Waals surface area contributed by atoms with Crippen molar-refractivity contribution in [3.8, 4) is 0 Å². The van der Waals surface area contributed by atoms with E-state index in [0.29, 0.717) is 12.5 Å². The number of nitrogens with two attached hydrogens (primary N) is 1. The minimum Gasteiger partial charge on any atom is -0.321 e. The molecule has 0 saturated heterocycles. The Bertz CT molecular complexity index is 795. The van der Waals surface area contributed by atoms with Crippen LogP contribution in [0.15, 0.2) is 85.2 Å². The van der Waals surface area contributed by atoms with Gasteiger partial charge in [0.15, 0.2) is 0 Å². The highest BCUT2D eigenvalue weighted by molar-refractivity contribution is 5.57. The van der Waals surface area contributed by atoms with Gasteiger partial charge >= 0.3 is 0 Å². The molecule has 1 aromatic heterocycles. The van der Waals surface area contributed by atoms with Gasteiger partial charge in [-0.15, -0.1) is 0 Å². The van der Waals surface area contributed by atoms with Crippen molar-refractivity contribution in [2.24, 2.45) is 5.73 Å². The van der Waals surface area contributed by atoms with Crippen molar-refractivity contribution in [3.63, 3.8) is 0 Å². The Hall–Kier alpha value is -2.82. The van der Waals surface area contributed by atoms with Gasteiger partial charge in [-0.1, -0.05) is 66.7 Å². The van der Waals surface area contributed by atoms with E-state index in [1.807, 2.05) is 12.1 Å². The van der Waals surface area contributed by atoms with E-state index in [2.05, 4.69) is 78.0 Å². The molecule has 0 radical (unpaired) electrons. The molecule has 0 aliphatic rings. The maximum atomic E-state index is 10.2. The number of aryl methyl sites for hydroxylation is 2. The molecule has 32 heavy (non-hydrogen) atoms. The van der Waals surface area contributed by atoms with E-state index in [-0.39, 0.29) is 0 Å². The van der Waals surface area contributed by atoms with Crippen LogP contribution in [-0.4, -0.2) is 30.4 Å². The molecular weight excluding hydrogens is 394 g/mol. The molecule has 3 aromatic rings. The van der Waals surface area contributed by atoms with Crippen molar-refractivity contribution in [1.29, 1.82) is 0 Å². The van der Waals surface area contributed by atoms with E-state index in [1.165, 1.54) is 49.7 Å². The van der Waals surface area contributed by atoms with Crippen molar-refractivity contribution in [2.75, 3.05) is 7.05 Å². The highest BCUT2D eigenvalue weighted by atomic mass is 16.1. The van der Waals surface area contributed by atoms with E-state index in [1.54, 1.807) is 12.4 Å². The number of pyridine rings is 1. The Kier molecular flexibility index (Phi) is 12.6. The third kappa shape index (κ3) is 11.0. The van der Waals surface area contributed by atoms with Crippen LogP contribution in [0.4, 0.5) is 0 Å². The van der Waals surface area contributed by atoms with Crippen molar-refractivity contribution in [3.05, 3.63) is 102 Å². The van der Waals surface area contributed by atoms with Gasteiger partial charge in [-0.3, -0.25) is 4.98 Å². The van der Waals surface area contributed by atoms with Gasteiger partial charge in [0, 0.05) is 18.4 Å². The molecule has 0 aliphatic heterocycles. The molecule has 1 atom stereocenters. The lowest BCUT2D eigenvalue weighted by molar-refractivity contribution is -0.108. The average molecular weight is 432 g/mol. The molecule has 1 unspecified atom stereocenters. The summed E-state index contributed by atoms with van der Waals surface area (Å²) < 4.78 is 0. The predicted octanol–water partition coefficient (Wildman–Crippen LogP) is 4.77. The molecule has 1 heterocycles. The quantitative estimate of drug-likeness (QED) is 0.405. The lowest BCUT2D eigenvalue weighted by atomic mass is 9.99. The van der Waals surface area contributed by atoms with Crippen LogP contribution >= 0.6 is 0 Å². The van der Waals surface area contributed by atoms with Crippen LogP contribution in [0.25, 0.3) is 0 Å². The van der Waals surface area contributed by atoms with E-state index < -0.39 is 6.04 Å². The van der Waals surface area contributed by atoms with Gasteiger partial charge in [0.1, 0.15) is 6.29 Å². The molecule has 2 aromatic carbocycles. The third-order valence-corrected chi connectivity index (χ3v) is 5.50. The van der Waals surface area contributed by atoms with Crippen LogP contribution in [0.1, 0.15) is 42.4 Å². The van der Waals surface area contributed by atoms with Gasteiger partial charge in [0.2, 0.25) is 0 Å². The molecule has 0 spiro atoms. The summed E-state index contributed by atoms with van der Waals surface area (Å²) in [5.74, 6) is 0. The second kappa shape index (κ2) is 15.9. The fourth-order valence-electron chi connectivity index (χ4n) is 3.67. The summed E-state index contributed by atoms with van der Waals surface area (Å²) in [5.41, 5.74) is 9.31. The van der Waals surface area contributed by atoms with Crippen LogP contribution < -0.4 is 11.1 Å². The number of benzene rings is 2. The zero-order valence-corrected chi connectivity index (χ0v) is 19.2. The summed E-state index contributed by atoms with van der Waals surface area (Å²) in [6, 6.07) is 25.6. The second-order valence-electron chi connectivity index (χ2n) is 8.11. The maximum absolute atomic E-state index is 10.2. The molecular formula is C28H37N3O. The number of rotatable bonds is 12. The van der Waals surface area contributed by atoms with Crippen molar-refractivity contribution in [1.82, 2.24) is 10.3 Å². The van der Waals surface area contributed by atoms with Crippen LogP contribution in [0.3, 0.4) is 0 Å². The van der Waals surface area contributed by atoms with Crippen LogP contribution in [-0.2, 0) is 24.1 Å². The van der Waals surface area contributed by atoms with E-state index in [0.717, 1.165) is 11.8 Å². The Morgan fingerprint density at radius 1 is 0.844 bits per heavy atom. The second-order valence-corrected chi connectivity index (χ2v) is 8.11. The molecule has 4 heteroatoms. The van der Waals surface area contributed by atoms with Gasteiger partial charge < -0.3 is 15.8 Å². The van der Waals surface area contributed by atoms with Gasteiger partial charge in [-0.25, -0.2) is 0 Å². The van der Waals surface area contributed by atoms with Crippen LogP contribution in [0, 0.1) is 0 Å². The first-order valence-electron chi connectivity index (χ1n) is 11.6. The summed E-state index contributed by atoms with van der Waals surface area (Å²) in [6.07, 6.45) is 12.2. The van der Waals surface area contributed by atoms with Crippen molar-refractivity contribution >= 4 is 6.29 Å². The molecule has 0 saturated carbocycles. The zero-order chi connectivity index (χ0) is 22.9. The monoisotopic (exact) mass is 431 g/mol. The lowest BCUT2D eigenvalue weighted by Gasteiger charge is -2.16. The minimum atomic E-state index is -0.404.